The van der Waals surface area contributed by atoms with Crippen LogP contribution in [0.3, 0.4) is 0 Å². The van der Waals surface area contributed by atoms with E-state index in [0.717, 1.165) is 36.8 Å². The normalized spacial score (nSPS) is 24.7. The van der Waals surface area contributed by atoms with Gasteiger partial charge in [0.2, 0.25) is 0 Å². The van der Waals surface area contributed by atoms with Crippen molar-refractivity contribution < 1.29 is 28.5 Å². The average Bonchev–Trinajstić information content (AvgIpc) is 2.75. The van der Waals surface area contributed by atoms with Crippen molar-refractivity contribution in [2.24, 2.45) is 11.8 Å². The minimum atomic E-state index is -0.391. The molecule has 168 valence electrons. The maximum Gasteiger partial charge on any atom is 0.315 e. The summed E-state index contributed by atoms with van der Waals surface area (Å²) in [6.45, 7) is 5.44. The van der Waals surface area contributed by atoms with Gasteiger partial charge in [-0.25, -0.2) is 0 Å². The highest BCUT2D eigenvalue weighted by atomic mass is 16.5. The molecule has 0 spiro atoms. The van der Waals surface area contributed by atoms with Gasteiger partial charge < -0.3 is 18.9 Å². The second-order valence-electron chi connectivity index (χ2n) is 8.75. The Balaban J connectivity index is 1.41. The van der Waals surface area contributed by atoms with Crippen LogP contribution < -0.4 is 18.9 Å². The minimum Gasteiger partial charge on any atom is -0.493 e. The average molecular weight is 437 g/mol. The Hall–Kier alpha value is -3.02. The van der Waals surface area contributed by atoms with E-state index >= 15 is 0 Å². The van der Waals surface area contributed by atoms with Gasteiger partial charge >= 0.3 is 11.9 Å². The van der Waals surface area contributed by atoms with Gasteiger partial charge in [-0.2, -0.15) is 0 Å². The van der Waals surface area contributed by atoms with Crippen LogP contribution in [-0.4, -0.2) is 25.2 Å². The first-order chi connectivity index (χ1) is 15.6. The van der Waals surface area contributed by atoms with E-state index < -0.39 is 11.8 Å². The molecule has 0 unspecified atom stereocenters. The number of carbonyl (C=O) groups excluding carboxylic acids is 2. The standard InChI is InChI=1S/C26H28O6/c1-3-5-11-29-15-7-9-17-19(13-15)31-25(27)23-21(17)24-22(23)18-10-8-16(30-12-6-4-2)14-20(18)32-26(24)28/h7-10,13-14,21-24H,3-6,11-12H2,1-2H3/t21-,22+,23+,24-/m1/s1. The van der Waals surface area contributed by atoms with E-state index in [9.17, 15) is 9.59 Å². The molecule has 2 aromatic carbocycles. The van der Waals surface area contributed by atoms with E-state index in [-0.39, 0.29) is 23.8 Å². The van der Waals surface area contributed by atoms with Crippen LogP contribution in [-0.2, 0) is 9.59 Å². The van der Waals surface area contributed by atoms with E-state index in [1.54, 1.807) is 12.1 Å². The number of ether oxygens (including phenoxy) is 4. The lowest BCUT2D eigenvalue weighted by Crippen LogP contribution is -2.56. The third-order valence-electron chi connectivity index (χ3n) is 6.73. The van der Waals surface area contributed by atoms with E-state index in [2.05, 4.69) is 13.8 Å². The zero-order valence-electron chi connectivity index (χ0n) is 18.5. The Morgan fingerprint density at radius 3 is 1.53 bits per heavy atom. The molecule has 1 aliphatic carbocycles. The van der Waals surface area contributed by atoms with Crippen molar-refractivity contribution in [3.63, 3.8) is 0 Å². The van der Waals surface area contributed by atoms with E-state index in [1.165, 1.54) is 0 Å². The fraction of sp³-hybridized carbons (Fsp3) is 0.462. The Bertz CT molecular complexity index is 953. The molecule has 5 rings (SSSR count). The summed E-state index contributed by atoms with van der Waals surface area (Å²) in [5.74, 6) is 0.485. The SMILES string of the molecule is CCCCOc1ccc2c(c1)OC(=O)[C@H]1[C@@H]2[C@H]2C(=O)Oc3cc(OCCCC)ccc3[C@H]21. The van der Waals surface area contributed by atoms with Crippen LogP contribution in [0.15, 0.2) is 36.4 Å². The zero-order valence-corrected chi connectivity index (χ0v) is 18.5. The molecule has 2 aliphatic heterocycles. The Kier molecular flexibility index (Phi) is 5.53. The number of benzene rings is 2. The first-order valence-corrected chi connectivity index (χ1v) is 11.6. The summed E-state index contributed by atoms with van der Waals surface area (Å²) in [5, 5.41) is 0. The summed E-state index contributed by atoms with van der Waals surface area (Å²) >= 11 is 0. The van der Waals surface area contributed by atoms with Crippen molar-refractivity contribution in [3.8, 4) is 23.0 Å². The number of fused-ring (bicyclic) bond motifs is 8. The number of hydrogen-bond acceptors (Lipinski definition) is 6. The fourth-order valence-corrected chi connectivity index (χ4v) is 5.07. The maximum absolute atomic E-state index is 13.0. The predicted octanol–water partition coefficient (Wildman–Crippen LogP) is 5.00. The third kappa shape index (κ3) is 3.42. The maximum atomic E-state index is 13.0. The van der Waals surface area contributed by atoms with Gasteiger partial charge in [-0.1, -0.05) is 38.8 Å². The number of hydrogen-bond donors (Lipinski definition) is 0. The second kappa shape index (κ2) is 8.49. The molecule has 6 nitrogen and oxygen atoms in total. The number of carbonyl (C=O) groups is 2. The Labute approximate surface area is 187 Å². The summed E-state index contributed by atoms with van der Waals surface area (Å²) in [5.41, 5.74) is 1.75. The first-order valence-electron chi connectivity index (χ1n) is 11.6. The minimum absolute atomic E-state index is 0.234. The van der Waals surface area contributed by atoms with Crippen LogP contribution in [0.4, 0.5) is 0 Å². The van der Waals surface area contributed by atoms with Gasteiger partial charge in [0.1, 0.15) is 23.0 Å². The smallest absolute Gasteiger partial charge is 0.315 e. The van der Waals surface area contributed by atoms with Gasteiger partial charge in [0, 0.05) is 35.1 Å². The molecular formula is C26H28O6. The molecule has 0 saturated heterocycles. The van der Waals surface area contributed by atoms with Gasteiger partial charge in [-0.15, -0.1) is 0 Å². The van der Waals surface area contributed by atoms with E-state index in [4.69, 9.17) is 18.9 Å². The van der Waals surface area contributed by atoms with E-state index in [1.807, 2.05) is 24.3 Å². The quantitative estimate of drug-likeness (QED) is 0.330. The molecule has 0 amide bonds. The monoisotopic (exact) mass is 436 g/mol. The molecule has 0 N–H and O–H groups in total. The predicted molar refractivity (Wildman–Crippen MR) is 117 cm³/mol. The van der Waals surface area contributed by atoms with Gasteiger partial charge in [0.25, 0.3) is 0 Å². The summed E-state index contributed by atoms with van der Waals surface area (Å²) < 4.78 is 22.9. The highest BCUT2D eigenvalue weighted by Gasteiger charge is 2.64. The molecule has 32 heavy (non-hydrogen) atoms. The first kappa shape index (κ1) is 20.9. The van der Waals surface area contributed by atoms with Crippen molar-refractivity contribution in [2.75, 3.05) is 13.2 Å². The van der Waals surface area contributed by atoms with Gasteiger partial charge in [-0.05, 0) is 25.0 Å². The number of esters is 2. The Morgan fingerprint density at radius 1 is 0.688 bits per heavy atom. The molecule has 3 aliphatic rings. The molecule has 6 heteroatoms. The van der Waals surface area contributed by atoms with Crippen LogP contribution in [0.25, 0.3) is 0 Å². The molecule has 0 atom stereocenters. The second-order valence-corrected chi connectivity index (χ2v) is 8.75. The van der Waals surface area contributed by atoms with Crippen molar-refractivity contribution in [1.29, 1.82) is 0 Å². The summed E-state index contributed by atoms with van der Waals surface area (Å²) in [6, 6.07) is 11.1. The van der Waals surface area contributed by atoms with Crippen LogP contribution >= 0.6 is 0 Å². The highest BCUT2D eigenvalue weighted by Crippen LogP contribution is 2.64. The van der Waals surface area contributed by atoms with Crippen molar-refractivity contribution in [3.05, 3.63) is 47.5 Å². The molecule has 0 radical (unpaired) electrons. The zero-order chi connectivity index (χ0) is 22.2. The van der Waals surface area contributed by atoms with Crippen molar-refractivity contribution >= 4 is 11.9 Å². The lowest BCUT2D eigenvalue weighted by molar-refractivity contribution is -0.161. The summed E-state index contributed by atoms with van der Waals surface area (Å²) in [4.78, 5) is 25.9. The summed E-state index contributed by atoms with van der Waals surface area (Å²) in [6.07, 6.45) is 4.01. The van der Waals surface area contributed by atoms with Crippen LogP contribution in [0.1, 0.15) is 62.5 Å². The molecule has 1 fully saturated rings. The topological polar surface area (TPSA) is 71.1 Å². The number of rotatable bonds is 8. The van der Waals surface area contributed by atoms with Crippen molar-refractivity contribution in [1.82, 2.24) is 0 Å². The van der Waals surface area contributed by atoms with Gasteiger partial charge in [0.05, 0.1) is 25.0 Å². The molecule has 1 saturated carbocycles. The molecule has 2 heterocycles. The largest absolute Gasteiger partial charge is 0.493 e. The van der Waals surface area contributed by atoms with Crippen LogP contribution in [0.2, 0.25) is 0 Å². The number of unbranched alkanes of at least 4 members (excludes halogenated alkanes) is 2. The van der Waals surface area contributed by atoms with Crippen LogP contribution in [0.5, 0.6) is 23.0 Å². The molecule has 0 aromatic heterocycles. The lowest BCUT2D eigenvalue weighted by Gasteiger charge is -2.53. The highest BCUT2D eigenvalue weighted by molar-refractivity contribution is 5.91. The van der Waals surface area contributed by atoms with E-state index in [0.29, 0.717) is 36.2 Å². The van der Waals surface area contributed by atoms with Gasteiger partial charge in [0.15, 0.2) is 0 Å². The summed E-state index contributed by atoms with van der Waals surface area (Å²) in [7, 11) is 0. The lowest BCUT2D eigenvalue weighted by atomic mass is 9.51. The third-order valence-corrected chi connectivity index (χ3v) is 6.73. The molecular weight excluding hydrogens is 408 g/mol. The molecule has 0 bridgehead atoms. The molecule has 2 aromatic rings. The van der Waals surface area contributed by atoms with Gasteiger partial charge in [-0.3, -0.25) is 9.59 Å². The van der Waals surface area contributed by atoms with Crippen LogP contribution in [0, 0.1) is 11.8 Å². The Morgan fingerprint density at radius 2 is 1.12 bits per heavy atom. The van der Waals surface area contributed by atoms with Crippen molar-refractivity contribution in [2.45, 2.75) is 51.4 Å². The fourth-order valence-electron chi connectivity index (χ4n) is 5.07.